The number of carbonyl (C=O) groups excluding carboxylic acids is 1. The number of amides is 1. The summed E-state index contributed by atoms with van der Waals surface area (Å²) in [4.78, 5) is 16.3. The fraction of sp³-hybridized carbons (Fsp3) is 0.350. The molecule has 4 rings (SSSR count). The Bertz CT molecular complexity index is 756. The maximum Gasteiger partial charge on any atom is 0.258 e. The average Bonchev–Trinajstić information content (AvgIpc) is 3.12. The lowest BCUT2D eigenvalue weighted by Gasteiger charge is -2.23. The molecule has 1 fully saturated rings. The Balaban J connectivity index is 1.59. The average molecular weight is 388 g/mol. The number of hydrogen-bond acceptors (Lipinski definition) is 4. The minimum atomic E-state index is 0.112. The molecular weight excluding hydrogens is 366 g/mol. The van der Waals surface area contributed by atoms with Crippen molar-refractivity contribution >= 4 is 46.9 Å². The number of thioether (sulfide) groups is 3. The van der Waals surface area contributed by atoms with E-state index in [-0.39, 0.29) is 5.91 Å². The molecule has 2 aromatic rings. The molecule has 0 aromatic heterocycles. The van der Waals surface area contributed by atoms with Gasteiger partial charge in [0.05, 0.1) is 10.3 Å². The van der Waals surface area contributed by atoms with Crippen LogP contribution in [-0.4, -0.2) is 29.2 Å². The lowest BCUT2D eigenvalue weighted by atomic mass is 10.1. The number of fused-ring (bicyclic) bond motifs is 1. The van der Waals surface area contributed by atoms with Gasteiger partial charge in [0.25, 0.3) is 5.91 Å². The number of rotatable bonds is 2. The van der Waals surface area contributed by atoms with Crippen molar-refractivity contribution in [1.29, 1.82) is 0 Å². The van der Waals surface area contributed by atoms with E-state index in [0.717, 1.165) is 24.2 Å². The smallest absolute Gasteiger partial charge is 0.258 e. The maximum atomic E-state index is 13.2. The monoisotopic (exact) mass is 387 g/mol. The van der Waals surface area contributed by atoms with E-state index in [2.05, 4.69) is 37.3 Å². The van der Waals surface area contributed by atoms with Crippen molar-refractivity contribution in [1.82, 2.24) is 0 Å². The first-order chi connectivity index (χ1) is 12.2. The third-order valence-electron chi connectivity index (χ3n) is 4.54. The van der Waals surface area contributed by atoms with Gasteiger partial charge >= 0.3 is 0 Å². The van der Waals surface area contributed by atoms with Crippen LogP contribution in [0.4, 0.5) is 5.69 Å². The lowest BCUT2D eigenvalue weighted by molar-refractivity contribution is 0.0986. The molecule has 0 aliphatic carbocycles. The fourth-order valence-corrected chi connectivity index (χ4v) is 7.16. The van der Waals surface area contributed by atoms with Crippen molar-refractivity contribution in [3.8, 4) is 0 Å². The molecule has 130 valence electrons. The van der Waals surface area contributed by atoms with E-state index >= 15 is 0 Å². The second kappa shape index (κ2) is 7.68. The van der Waals surface area contributed by atoms with Gasteiger partial charge in [0, 0.05) is 33.8 Å². The Morgan fingerprint density at radius 1 is 1.04 bits per heavy atom. The molecule has 2 nitrogen and oxygen atoms in total. The summed E-state index contributed by atoms with van der Waals surface area (Å²) in [5.41, 5.74) is 3.16. The van der Waals surface area contributed by atoms with Crippen LogP contribution in [0.3, 0.4) is 0 Å². The number of hydrogen-bond donors (Lipinski definition) is 0. The molecule has 0 N–H and O–H groups in total. The predicted octanol–water partition coefficient (Wildman–Crippen LogP) is 5.70. The van der Waals surface area contributed by atoms with Gasteiger partial charge in [0.2, 0.25) is 0 Å². The molecule has 0 spiro atoms. The van der Waals surface area contributed by atoms with Crippen LogP contribution in [0.5, 0.6) is 0 Å². The van der Waals surface area contributed by atoms with Crippen LogP contribution in [0.25, 0.3) is 0 Å². The standard InChI is InChI=1S/C20H21NOS3/c1-14-10-11-21(17-4-2-3-5-18(17)25-14)19(22)15-6-8-16(9-7-15)20-23-12-13-24-20/h2-9,14,20H,10-13H2,1H3. The summed E-state index contributed by atoms with van der Waals surface area (Å²) in [6, 6.07) is 16.5. The summed E-state index contributed by atoms with van der Waals surface area (Å²) in [6.45, 7) is 3.02. The lowest BCUT2D eigenvalue weighted by Crippen LogP contribution is -2.32. The Kier molecular flexibility index (Phi) is 5.34. The van der Waals surface area contributed by atoms with Crippen LogP contribution in [0, 0.1) is 0 Å². The fourth-order valence-electron chi connectivity index (χ4n) is 3.19. The molecule has 2 aromatic carbocycles. The second-order valence-electron chi connectivity index (χ2n) is 6.34. The first kappa shape index (κ1) is 17.4. The summed E-state index contributed by atoms with van der Waals surface area (Å²) in [5, 5.41) is 0.526. The SMILES string of the molecule is CC1CCN(C(=O)c2ccc(C3SCCS3)cc2)c2ccccc2S1. The van der Waals surface area contributed by atoms with Gasteiger partial charge in [-0.1, -0.05) is 31.2 Å². The topological polar surface area (TPSA) is 20.3 Å². The zero-order valence-corrected chi connectivity index (χ0v) is 16.6. The highest BCUT2D eigenvalue weighted by molar-refractivity contribution is 8.19. The third kappa shape index (κ3) is 3.74. The zero-order chi connectivity index (χ0) is 17.2. The zero-order valence-electron chi connectivity index (χ0n) is 14.2. The van der Waals surface area contributed by atoms with Gasteiger partial charge in [-0.15, -0.1) is 35.3 Å². The summed E-state index contributed by atoms with van der Waals surface area (Å²) >= 11 is 5.86. The van der Waals surface area contributed by atoms with E-state index in [0.29, 0.717) is 9.83 Å². The largest absolute Gasteiger partial charge is 0.307 e. The first-order valence-corrected chi connectivity index (χ1v) is 11.6. The molecule has 1 saturated heterocycles. The molecule has 0 saturated carbocycles. The maximum absolute atomic E-state index is 13.2. The van der Waals surface area contributed by atoms with Gasteiger partial charge in [0.15, 0.2) is 0 Å². The van der Waals surface area contributed by atoms with E-state index in [1.165, 1.54) is 22.0 Å². The number of anilines is 1. The summed E-state index contributed by atoms with van der Waals surface area (Å²) in [7, 11) is 0. The van der Waals surface area contributed by atoms with Crippen LogP contribution < -0.4 is 4.90 Å². The summed E-state index contributed by atoms with van der Waals surface area (Å²) in [6.07, 6.45) is 1.01. The molecule has 1 unspecified atom stereocenters. The Morgan fingerprint density at radius 2 is 1.76 bits per heavy atom. The van der Waals surface area contributed by atoms with Crippen LogP contribution in [0.2, 0.25) is 0 Å². The number of benzene rings is 2. The highest BCUT2D eigenvalue weighted by atomic mass is 32.2. The third-order valence-corrected chi connectivity index (χ3v) is 8.88. The number of carbonyl (C=O) groups is 1. The van der Waals surface area contributed by atoms with Crippen molar-refractivity contribution in [2.45, 2.75) is 28.1 Å². The van der Waals surface area contributed by atoms with Gasteiger partial charge in [0.1, 0.15) is 0 Å². The van der Waals surface area contributed by atoms with Crippen molar-refractivity contribution in [3.05, 3.63) is 59.7 Å². The van der Waals surface area contributed by atoms with Gasteiger partial charge in [-0.05, 0) is 36.2 Å². The van der Waals surface area contributed by atoms with Gasteiger partial charge in [-0.2, -0.15) is 0 Å². The Morgan fingerprint density at radius 3 is 2.52 bits per heavy atom. The van der Waals surface area contributed by atoms with Gasteiger partial charge < -0.3 is 4.90 Å². The number of nitrogens with zero attached hydrogens (tertiary/aromatic N) is 1. The van der Waals surface area contributed by atoms with Gasteiger partial charge in [-0.25, -0.2) is 0 Å². The van der Waals surface area contributed by atoms with E-state index in [9.17, 15) is 4.79 Å². The molecule has 5 heteroatoms. The van der Waals surface area contributed by atoms with E-state index in [1.54, 1.807) is 0 Å². The van der Waals surface area contributed by atoms with Crippen LogP contribution >= 0.6 is 35.3 Å². The molecule has 0 bridgehead atoms. The minimum Gasteiger partial charge on any atom is -0.307 e. The van der Waals surface area contributed by atoms with Crippen LogP contribution in [0.1, 0.15) is 33.8 Å². The minimum absolute atomic E-state index is 0.112. The predicted molar refractivity (Wildman–Crippen MR) is 112 cm³/mol. The van der Waals surface area contributed by atoms with Crippen molar-refractivity contribution < 1.29 is 4.79 Å². The molecule has 2 aliphatic heterocycles. The summed E-state index contributed by atoms with van der Waals surface area (Å²) < 4.78 is 0.528. The van der Waals surface area contributed by atoms with Crippen LogP contribution in [-0.2, 0) is 0 Å². The van der Waals surface area contributed by atoms with Gasteiger partial charge in [-0.3, -0.25) is 4.79 Å². The van der Waals surface area contributed by atoms with E-state index in [1.807, 2.05) is 58.4 Å². The van der Waals surface area contributed by atoms with E-state index < -0.39 is 0 Å². The molecule has 2 aliphatic rings. The normalized spacial score (nSPS) is 21.0. The first-order valence-electron chi connectivity index (χ1n) is 8.63. The van der Waals surface area contributed by atoms with Crippen molar-refractivity contribution in [2.75, 3.05) is 23.0 Å². The number of para-hydroxylation sites is 1. The van der Waals surface area contributed by atoms with Crippen molar-refractivity contribution in [2.24, 2.45) is 0 Å². The second-order valence-corrected chi connectivity index (χ2v) is 10.5. The highest BCUT2D eigenvalue weighted by Gasteiger charge is 2.25. The molecule has 2 heterocycles. The van der Waals surface area contributed by atoms with Crippen LogP contribution in [0.15, 0.2) is 53.4 Å². The molecular formula is C20H21NOS3. The Labute approximate surface area is 162 Å². The molecule has 1 amide bonds. The highest BCUT2D eigenvalue weighted by Crippen LogP contribution is 2.45. The quantitative estimate of drug-likeness (QED) is 0.659. The van der Waals surface area contributed by atoms with Crippen molar-refractivity contribution in [3.63, 3.8) is 0 Å². The molecule has 0 radical (unpaired) electrons. The Hall–Kier alpha value is -1.04. The summed E-state index contributed by atoms with van der Waals surface area (Å²) in [5.74, 6) is 2.55. The molecule has 1 atom stereocenters. The molecule has 25 heavy (non-hydrogen) atoms. The van der Waals surface area contributed by atoms with E-state index in [4.69, 9.17) is 0 Å².